The summed E-state index contributed by atoms with van der Waals surface area (Å²) in [5, 5.41) is 3.01. The number of nitrogens with zero attached hydrogens (tertiary/aromatic N) is 2. The predicted octanol–water partition coefficient (Wildman–Crippen LogP) is 2.11. The Labute approximate surface area is 147 Å². The second-order valence-electron chi connectivity index (χ2n) is 6.58. The fourth-order valence-corrected chi connectivity index (χ4v) is 3.41. The van der Waals surface area contributed by atoms with Crippen molar-refractivity contribution in [2.24, 2.45) is 0 Å². The molecule has 0 aliphatic carbocycles. The highest BCUT2D eigenvalue weighted by Gasteiger charge is 2.25. The minimum Gasteiger partial charge on any atom is -0.488 e. The van der Waals surface area contributed by atoms with Crippen molar-refractivity contribution in [3.8, 4) is 5.75 Å². The van der Waals surface area contributed by atoms with E-state index in [-0.39, 0.29) is 12.1 Å². The standard InChI is InChI=1S/C19H23N3O3/c23-19(20-13-17-12-15-4-1-2-6-18(15)25-17)22-9-7-21(8-10-22)14-16-5-3-11-24-16/h1-6,11,17H,7-10,12-14H2,(H,20,23)/t17-/m1/s1. The number of urea groups is 1. The third kappa shape index (κ3) is 3.79. The maximum Gasteiger partial charge on any atom is 0.317 e. The summed E-state index contributed by atoms with van der Waals surface area (Å²) in [6.07, 6.45) is 2.58. The smallest absolute Gasteiger partial charge is 0.317 e. The van der Waals surface area contributed by atoms with Crippen molar-refractivity contribution >= 4 is 6.03 Å². The number of furan rings is 1. The van der Waals surface area contributed by atoms with Crippen LogP contribution >= 0.6 is 0 Å². The Hall–Kier alpha value is -2.47. The van der Waals surface area contributed by atoms with Crippen LogP contribution in [0.2, 0.25) is 0 Å². The van der Waals surface area contributed by atoms with Gasteiger partial charge in [-0.15, -0.1) is 0 Å². The van der Waals surface area contributed by atoms with Crippen LogP contribution in [0.3, 0.4) is 0 Å². The summed E-state index contributed by atoms with van der Waals surface area (Å²) in [5.41, 5.74) is 1.22. The maximum atomic E-state index is 12.4. The first-order valence-electron chi connectivity index (χ1n) is 8.80. The minimum atomic E-state index is -0.00259. The lowest BCUT2D eigenvalue weighted by Crippen LogP contribution is -2.52. The third-order valence-corrected chi connectivity index (χ3v) is 4.81. The fraction of sp³-hybridized carbons (Fsp3) is 0.421. The molecule has 2 aliphatic heterocycles. The number of ether oxygens (including phenoxy) is 1. The van der Waals surface area contributed by atoms with Gasteiger partial charge in [0.25, 0.3) is 0 Å². The summed E-state index contributed by atoms with van der Waals surface area (Å²) in [6, 6.07) is 11.9. The zero-order chi connectivity index (χ0) is 17.1. The van der Waals surface area contributed by atoms with Crippen LogP contribution < -0.4 is 10.1 Å². The normalized spacial score (nSPS) is 20.2. The Kier molecular flexibility index (Phi) is 4.61. The number of hydrogen-bond donors (Lipinski definition) is 1. The van der Waals surface area contributed by atoms with Crippen molar-refractivity contribution in [3.63, 3.8) is 0 Å². The van der Waals surface area contributed by atoms with Crippen LogP contribution in [-0.2, 0) is 13.0 Å². The van der Waals surface area contributed by atoms with E-state index in [4.69, 9.17) is 9.15 Å². The van der Waals surface area contributed by atoms with Gasteiger partial charge in [-0.3, -0.25) is 4.90 Å². The van der Waals surface area contributed by atoms with Crippen molar-refractivity contribution in [2.75, 3.05) is 32.7 Å². The molecule has 1 N–H and O–H groups in total. The molecule has 1 saturated heterocycles. The molecule has 3 heterocycles. The van der Waals surface area contributed by atoms with Crippen molar-refractivity contribution in [2.45, 2.75) is 19.1 Å². The van der Waals surface area contributed by atoms with Crippen molar-refractivity contribution < 1.29 is 13.9 Å². The van der Waals surface area contributed by atoms with Gasteiger partial charge in [-0.1, -0.05) is 18.2 Å². The topological polar surface area (TPSA) is 58.0 Å². The van der Waals surface area contributed by atoms with Crippen LogP contribution in [0.5, 0.6) is 5.75 Å². The van der Waals surface area contributed by atoms with Gasteiger partial charge in [0.1, 0.15) is 17.6 Å². The third-order valence-electron chi connectivity index (χ3n) is 4.81. The molecule has 0 saturated carbocycles. The summed E-state index contributed by atoms with van der Waals surface area (Å²) in [7, 11) is 0. The van der Waals surface area contributed by atoms with E-state index in [9.17, 15) is 4.79 Å². The molecule has 1 fully saturated rings. The van der Waals surface area contributed by atoms with Gasteiger partial charge >= 0.3 is 6.03 Å². The molecule has 6 heteroatoms. The number of para-hydroxylation sites is 1. The van der Waals surface area contributed by atoms with Gasteiger partial charge in [0.2, 0.25) is 0 Å². The van der Waals surface area contributed by atoms with Gasteiger partial charge in [0.15, 0.2) is 0 Å². The molecule has 1 aromatic heterocycles. The molecule has 1 aromatic carbocycles. The number of hydrogen-bond acceptors (Lipinski definition) is 4. The van der Waals surface area contributed by atoms with Crippen LogP contribution in [0.4, 0.5) is 4.79 Å². The number of fused-ring (bicyclic) bond motifs is 1. The van der Waals surface area contributed by atoms with Crippen molar-refractivity contribution in [1.29, 1.82) is 0 Å². The van der Waals surface area contributed by atoms with Gasteiger partial charge in [-0.2, -0.15) is 0 Å². The van der Waals surface area contributed by atoms with Gasteiger partial charge in [-0.25, -0.2) is 4.79 Å². The molecule has 2 aliphatic rings. The number of amides is 2. The number of carbonyl (C=O) groups is 1. The lowest BCUT2D eigenvalue weighted by Gasteiger charge is -2.34. The first-order chi connectivity index (χ1) is 12.3. The molecule has 0 unspecified atom stereocenters. The summed E-state index contributed by atoms with van der Waals surface area (Å²) in [5.74, 6) is 1.91. The zero-order valence-corrected chi connectivity index (χ0v) is 14.2. The predicted molar refractivity (Wildman–Crippen MR) is 93.5 cm³/mol. The molecule has 132 valence electrons. The fourth-order valence-electron chi connectivity index (χ4n) is 3.41. The minimum absolute atomic E-state index is 0.00259. The Morgan fingerprint density at radius 2 is 1.96 bits per heavy atom. The van der Waals surface area contributed by atoms with E-state index in [1.807, 2.05) is 35.2 Å². The van der Waals surface area contributed by atoms with Crippen LogP contribution in [0.15, 0.2) is 47.1 Å². The average molecular weight is 341 g/mol. The lowest BCUT2D eigenvalue weighted by molar-refractivity contribution is 0.127. The molecule has 2 aromatic rings. The van der Waals surface area contributed by atoms with Crippen LogP contribution in [0.1, 0.15) is 11.3 Å². The average Bonchev–Trinajstić information content (AvgIpc) is 3.29. The summed E-state index contributed by atoms with van der Waals surface area (Å²) >= 11 is 0. The lowest BCUT2D eigenvalue weighted by atomic mass is 10.1. The Morgan fingerprint density at radius 3 is 2.72 bits per heavy atom. The quantitative estimate of drug-likeness (QED) is 0.925. The molecule has 6 nitrogen and oxygen atoms in total. The summed E-state index contributed by atoms with van der Waals surface area (Å²) in [4.78, 5) is 16.6. The SMILES string of the molecule is O=C(NC[C@H]1Cc2ccccc2O1)N1CCN(Cc2ccco2)CC1. The molecule has 0 radical (unpaired) electrons. The van der Waals surface area contributed by atoms with Gasteiger partial charge in [0.05, 0.1) is 19.4 Å². The summed E-state index contributed by atoms with van der Waals surface area (Å²) < 4.78 is 11.3. The number of piperazine rings is 1. The molecule has 0 bridgehead atoms. The van der Waals surface area contributed by atoms with Crippen LogP contribution in [0.25, 0.3) is 0 Å². The summed E-state index contributed by atoms with van der Waals surface area (Å²) in [6.45, 7) is 4.53. The highest BCUT2D eigenvalue weighted by Crippen LogP contribution is 2.27. The van der Waals surface area contributed by atoms with E-state index in [0.29, 0.717) is 6.54 Å². The number of carbonyl (C=O) groups excluding carboxylic acids is 1. The second kappa shape index (κ2) is 7.19. The number of nitrogens with one attached hydrogen (secondary N) is 1. The molecule has 25 heavy (non-hydrogen) atoms. The van der Waals surface area contributed by atoms with Crippen LogP contribution in [-0.4, -0.2) is 54.7 Å². The first-order valence-corrected chi connectivity index (χ1v) is 8.80. The van der Waals surface area contributed by atoms with Gasteiger partial charge < -0.3 is 19.4 Å². The van der Waals surface area contributed by atoms with Crippen molar-refractivity contribution in [3.05, 3.63) is 54.0 Å². The van der Waals surface area contributed by atoms with E-state index >= 15 is 0 Å². The molecule has 0 spiro atoms. The van der Waals surface area contributed by atoms with Gasteiger partial charge in [-0.05, 0) is 23.8 Å². The molecular weight excluding hydrogens is 318 g/mol. The molecular formula is C19H23N3O3. The van der Waals surface area contributed by atoms with Crippen molar-refractivity contribution in [1.82, 2.24) is 15.1 Å². The highest BCUT2D eigenvalue weighted by molar-refractivity contribution is 5.74. The Balaban J connectivity index is 1.20. The zero-order valence-electron chi connectivity index (χ0n) is 14.2. The second-order valence-corrected chi connectivity index (χ2v) is 6.58. The van der Waals surface area contributed by atoms with E-state index < -0.39 is 0 Å². The van der Waals surface area contributed by atoms with E-state index in [0.717, 1.165) is 50.7 Å². The maximum absolute atomic E-state index is 12.4. The highest BCUT2D eigenvalue weighted by atomic mass is 16.5. The first kappa shape index (κ1) is 16.0. The Morgan fingerprint density at radius 1 is 1.12 bits per heavy atom. The molecule has 4 rings (SSSR count). The van der Waals surface area contributed by atoms with E-state index in [1.165, 1.54) is 5.56 Å². The van der Waals surface area contributed by atoms with E-state index in [1.54, 1.807) is 6.26 Å². The van der Waals surface area contributed by atoms with E-state index in [2.05, 4.69) is 16.3 Å². The van der Waals surface area contributed by atoms with Gasteiger partial charge in [0, 0.05) is 32.6 Å². The number of rotatable bonds is 4. The molecule has 2 amide bonds. The van der Waals surface area contributed by atoms with Crippen LogP contribution in [0, 0.1) is 0 Å². The molecule has 1 atom stereocenters. The Bertz CT molecular complexity index is 683. The monoisotopic (exact) mass is 341 g/mol. The number of benzene rings is 1. The largest absolute Gasteiger partial charge is 0.488 e.